The van der Waals surface area contributed by atoms with Gasteiger partial charge >= 0.3 is 0 Å². The minimum atomic E-state index is 1.13. The number of nitrogens with zero attached hydrogens (tertiary/aromatic N) is 2. The molecule has 0 fully saturated rings. The SMILES string of the molecule is Cc1ccc(N(c2ccc(C)cc2)c2ccc(/C=C/c3ccc(N(c4ccccc4)c4cccc(C)c4)cc3)cc2)cc1. The summed E-state index contributed by atoms with van der Waals surface area (Å²) in [7, 11) is 0. The van der Waals surface area contributed by atoms with Gasteiger partial charge in [-0.1, -0.05) is 102 Å². The topological polar surface area (TPSA) is 6.48 Å². The molecule has 0 bridgehead atoms. The van der Waals surface area contributed by atoms with Gasteiger partial charge < -0.3 is 9.80 Å². The van der Waals surface area contributed by atoms with Gasteiger partial charge in [0, 0.05) is 34.1 Å². The molecule has 0 aliphatic heterocycles. The zero-order valence-corrected chi connectivity index (χ0v) is 25.0. The molecule has 0 amide bonds. The first-order valence-corrected chi connectivity index (χ1v) is 14.8. The van der Waals surface area contributed by atoms with Crippen molar-refractivity contribution in [3.8, 4) is 0 Å². The lowest BCUT2D eigenvalue weighted by atomic mass is 10.1. The summed E-state index contributed by atoms with van der Waals surface area (Å²) in [5, 5.41) is 0. The Labute approximate surface area is 255 Å². The fraction of sp³-hybridized carbons (Fsp3) is 0.0732. The Kier molecular flexibility index (Phi) is 8.19. The highest BCUT2D eigenvalue weighted by Crippen LogP contribution is 2.36. The summed E-state index contributed by atoms with van der Waals surface area (Å²) < 4.78 is 0. The molecule has 0 aliphatic rings. The third kappa shape index (κ3) is 6.60. The van der Waals surface area contributed by atoms with Crippen LogP contribution in [0.4, 0.5) is 34.1 Å². The number of hydrogen-bond donors (Lipinski definition) is 0. The summed E-state index contributed by atoms with van der Waals surface area (Å²) in [6.07, 6.45) is 4.35. The normalized spacial score (nSPS) is 11.0. The largest absolute Gasteiger partial charge is 0.311 e. The van der Waals surface area contributed by atoms with Gasteiger partial charge in [-0.2, -0.15) is 0 Å². The molecule has 43 heavy (non-hydrogen) atoms. The van der Waals surface area contributed by atoms with E-state index >= 15 is 0 Å². The molecule has 0 radical (unpaired) electrons. The molecule has 6 rings (SSSR count). The summed E-state index contributed by atoms with van der Waals surface area (Å²) in [6.45, 7) is 6.38. The Balaban J connectivity index is 1.23. The quantitative estimate of drug-likeness (QED) is 0.172. The minimum absolute atomic E-state index is 1.13. The van der Waals surface area contributed by atoms with Crippen molar-refractivity contribution in [3.05, 3.63) is 179 Å². The molecule has 0 aliphatic carbocycles. The summed E-state index contributed by atoms with van der Waals surface area (Å²) in [5.41, 5.74) is 12.9. The molecule has 0 saturated heterocycles. The summed E-state index contributed by atoms with van der Waals surface area (Å²) >= 11 is 0. The molecule has 0 unspecified atom stereocenters. The molecule has 2 nitrogen and oxygen atoms in total. The standard InChI is InChI=1S/C41H36N2/c1-31-12-22-37(23-13-31)42(38-24-14-32(2)15-25-38)39-26-18-34(19-27-39)16-17-35-20-28-40(29-21-35)43(36-9-5-4-6-10-36)41-11-7-8-33(3)30-41/h4-30H,1-3H3/b17-16+. The fourth-order valence-corrected chi connectivity index (χ4v) is 5.29. The molecule has 0 N–H and O–H groups in total. The summed E-state index contributed by atoms with van der Waals surface area (Å²) in [4.78, 5) is 4.60. The maximum atomic E-state index is 2.30. The van der Waals surface area contributed by atoms with E-state index in [9.17, 15) is 0 Å². The second-order valence-corrected chi connectivity index (χ2v) is 11.0. The van der Waals surface area contributed by atoms with Gasteiger partial charge in [0.25, 0.3) is 0 Å². The van der Waals surface area contributed by atoms with Crippen LogP contribution >= 0.6 is 0 Å². The van der Waals surface area contributed by atoms with E-state index in [-0.39, 0.29) is 0 Å². The second kappa shape index (κ2) is 12.7. The van der Waals surface area contributed by atoms with Crippen LogP contribution in [0.2, 0.25) is 0 Å². The fourth-order valence-electron chi connectivity index (χ4n) is 5.29. The van der Waals surface area contributed by atoms with Gasteiger partial charge in [-0.3, -0.25) is 0 Å². The Morgan fingerprint density at radius 2 is 0.698 bits per heavy atom. The number of anilines is 6. The van der Waals surface area contributed by atoms with Crippen LogP contribution in [-0.4, -0.2) is 0 Å². The predicted molar refractivity (Wildman–Crippen MR) is 185 cm³/mol. The zero-order valence-electron chi connectivity index (χ0n) is 25.0. The van der Waals surface area contributed by atoms with Crippen LogP contribution in [0.5, 0.6) is 0 Å². The van der Waals surface area contributed by atoms with Crippen LogP contribution in [0, 0.1) is 20.8 Å². The molecule has 6 aromatic rings. The highest BCUT2D eigenvalue weighted by Gasteiger charge is 2.13. The first-order chi connectivity index (χ1) is 21.0. The van der Waals surface area contributed by atoms with E-state index < -0.39 is 0 Å². The lowest BCUT2D eigenvalue weighted by Crippen LogP contribution is -2.09. The molecule has 6 aromatic carbocycles. The van der Waals surface area contributed by atoms with Gasteiger partial charge in [0.2, 0.25) is 0 Å². The summed E-state index contributed by atoms with van der Waals surface area (Å²) in [5.74, 6) is 0. The van der Waals surface area contributed by atoms with Crippen molar-refractivity contribution in [1.82, 2.24) is 0 Å². The Morgan fingerprint density at radius 1 is 0.326 bits per heavy atom. The molecule has 210 valence electrons. The van der Waals surface area contributed by atoms with Crippen LogP contribution in [0.25, 0.3) is 12.2 Å². The van der Waals surface area contributed by atoms with E-state index in [0.29, 0.717) is 0 Å². The average Bonchev–Trinajstić information content (AvgIpc) is 3.04. The zero-order chi connectivity index (χ0) is 29.6. The monoisotopic (exact) mass is 556 g/mol. The van der Waals surface area contributed by atoms with E-state index in [1.54, 1.807) is 0 Å². The van der Waals surface area contributed by atoms with Crippen molar-refractivity contribution >= 4 is 46.3 Å². The lowest BCUT2D eigenvalue weighted by Gasteiger charge is -2.26. The maximum absolute atomic E-state index is 2.30. The van der Waals surface area contributed by atoms with E-state index in [0.717, 1.165) is 45.3 Å². The van der Waals surface area contributed by atoms with Crippen LogP contribution < -0.4 is 9.80 Å². The van der Waals surface area contributed by atoms with Gasteiger partial charge in [0.15, 0.2) is 0 Å². The van der Waals surface area contributed by atoms with Gasteiger partial charge in [-0.05, 0) is 110 Å². The third-order valence-electron chi connectivity index (χ3n) is 7.63. The Morgan fingerprint density at radius 3 is 1.14 bits per heavy atom. The van der Waals surface area contributed by atoms with Crippen molar-refractivity contribution in [2.24, 2.45) is 0 Å². The molecular formula is C41H36N2. The van der Waals surface area contributed by atoms with Crippen LogP contribution in [0.1, 0.15) is 27.8 Å². The van der Waals surface area contributed by atoms with Gasteiger partial charge in [0.1, 0.15) is 0 Å². The second-order valence-electron chi connectivity index (χ2n) is 11.0. The smallest absolute Gasteiger partial charge is 0.0464 e. The van der Waals surface area contributed by atoms with Crippen molar-refractivity contribution in [1.29, 1.82) is 0 Å². The van der Waals surface area contributed by atoms with Crippen molar-refractivity contribution in [2.75, 3.05) is 9.80 Å². The van der Waals surface area contributed by atoms with E-state index in [1.165, 1.54) is 16.7 Å². The van der Waals surface area contributed by atoms with E-state index in [4.69, 9.17) is 0 Å². The number of benzene rings is 6. The molecule has 0 saturated carbocycles. The highest BCUT2D eigenvalue weighted by atomic mass is 15.1. The van der Waals surface area contributed by atoms with E-state index in [1.807, 2.05) is 0 Å². The number of para-hydroxylation sites is 1. The highest BCUT2D eigenvalue weighted by molar-refractivity contribution is 5.80. The summed E-state index contributed by atoms with van der Waals surface area (Å²) in [6, 6.07) is 54.1. The first-order valence-electron chi connectivity index (χ1n) is 14.8. The molecule has 0 spiro atoms. The Hall–Kier alpha value is -5.34. The molecular weight excluding hydrogens is 520 g/mol. The van der Waals surface area contributed by atoms with Gasteiger partial charge in [-0.25, -0.2) is 0 Å². The lowest BCUT2D eigenvalue weighted by molar-refractivity contribution is 1.27. The minimum Gasteiger partial charge on any atom is -0.311 e. The number of aryl methyl sites for hydroxylation is 3. The third-order valence-corrected chi connectivity index (χ3v) is 7.63. The van der Waals surface area contributed by atoms with Gasteiger partial charge in [-0.15, -0.1) is 0 Å². The number of rotatable bonds is 8. The number of hydrogen-bond acceptors (Lipinski definition) is 2. The predicted octanol–water partition coefficient (Wildman–Crippen LogP) is 11.7. The Bertz CT molecular complexity index is 1750. The van der Waals surface area contributed by atoms with Crippen LogP contribution in [-0.2, 0) is 0 Å². The van der Waals surface area contributed by atoms with Crippen LogP contribution in [0.3, 0.4) is 0 Å². The molecule has 0 atom stereocenters. The van der Waals surface area contributed by atoms with Crippen LogP contribution in [0.15, 0.2) is 152 Å². The van der Waals surface area contributed by atoms with Gasteiger partial charge in [0.05, 0.1) is 0 Å². The molecule has 0 heterocycles. The molecule has 2 heteroatoms. The van der Waals surface area contributed by atoms with Crippen molar-refractivity contribution in [2.45, 2.75) is 20.8 Å². The van der Waals surface area contributed by atoms with E-state index in [2.05, 4.69) is 194 Å². The van der Waals surface area contributed by atoms with Crippen molar-refractivity contribution < 1.29 is 0 Å². The first kappa shape index (κ1) is 27.8. The molecule has 0 aromatic heterocycles. The average molecular weight is 557 g/mol. The maximum Gasteiger partial charge on any atom is 0.0464 e. The van der Waals surface area contributed by atoms with Crippen molar-refractivity contribution in [3.63, 3.8) is 0 Å².